The zero-order valence-corrected chi connectivity index (χ0v) is 15.3. The van der Waals surface area contributed by atoms with Crippen LogP contribution in [0.2, 0.25) is 0 Å². The van der Waals surface area contributed by atoms with Crippen molar-refractivity contribution < 1.29 is 22.3 Å². The Kier molecular flexibility index (Phi) is 6.04. The van der Waals surface area contributed by atoms with E-state index >= 15 is 0 Å². The van der Waals surface area contributed by atoms with Crippen molar-refractivity contribution in [3.8, 4) is 0 Å². The number of carbonyl (C=O) groups excluding carboxylic acids is 1. The Bertz CT molecular complexity index is 897. The minimum Gasteiger partial charge on any atom is -0.379 e. The number of anilines is 2. The van der Waals surface area contributed by atoms with Crippen LogP contribution in [-0.4, -0.2) is 51.5 Å². The number of ether oxygens (including phenoxy) is 1. The molecule has 0 saturated carbocycles. The molecule has 0 atom stereocenters. The van der Waals surface area contributed by atoms with Gasteiger partial charge in [0.15, 0.2) is 0 Å². The molecular formula is C18H20FN3O4S. The first-order valence-corrected chi connectivity index (χ1v) is 9.86. The van der Waals surface area contributed by atoms with Crippen LogP contribution >= 0.6 is 0 Å². The van der Waals surface area contributed by atoms with Gasteiger partial charge in [0.25, 0.3) is 0 Å². The molecule has 2 aromatic rings. The SMILES string of the molecule is O=C(CNc1cccc(F)c1)Nc1ccc(S(=O)(=O)N2CCOCC2)cc1. The fourth-order valence-corrected chi connectivity index (χ4v) is 4.04. The number of amides is 1. The van der Waals surface area contributed by atoms with E-state index in [1.54, 1.807) is 12.1 Å². The molecule has 0 aromatic heterocycles. The Morgan fingerprint density at radius 3 is 2.44 bits per heavy atom. The first kappa shape index (κ1) is 19.3. The summed E-state index contributed by atoms with van der Waals surface area (Å²) < 4.78 is 44.8. The molecule has 144 valence electrons. The average Bonchev–Trinajstić information content (AvgIpc) is 2.68. The van der Waals surface area contributed by atoms with Gasteiger partial charge in [0.2, 0.25) is 15.9 Å². The van der Waals surface area contributed by atoms with Gasteiger partial charge in [-0.3, -0.25) is 4.79 Å². The second-order valence-electron chi connectivity index (χ2n) is 5.95. The monoisotopic (exact) mass is 393 g/mol. The summed E-state index contributed by atoms with van der Waals surface area (Å²) in [6.07, 6.45) is 0. The maximum Gasteiger partial charge on any atom is 0.243 e. The Morgan fingerprint density at radius 2 is 1.78 bits per heavy atom. The number of hydrogen-bond donors (Lipinski definition) is 2. The summed E-state index contributed by atoms with van der Waals surface area (Å²) in [6.45, 7) is 1.37. The van der Waals surface area contributed by atoms with E-state index in [9.17, 15) is 17.6 Å². The summed E-state index contributed by atoms with van der Waals surface area (Å²) in [4.78, 5) is 12.2. The normalized spacial score (nSPS) is 15.3. The van der Waals surface area contributed by atoms with Crippen LogP contribution in [0, 0.1) is 5.82 Å². The molecule has 27 heavy (non-hydrogen) atoms. The molecule has 1 saturated heterocycles. The quantitative estimate of drug-likeness (QED) is 0.783. The van der Waals surface area contributed by atoms with Crippen LogP contribution in [0.1, 0.15) is 0 Å². The number of nitrogens with one attached hydrogen (secondary N) is 2. The molecule has 1 aliphatic heterocycles. The third-order valence-electron chi connectivity index (χ3n) is 4.02. The molecule has 3 rings (SSSR count). The van der Waals surface area contributed by atoms with Crippen LogP contribution in [-0.2, 0) is 19.6 Å². The summed E-state index contributed by atoms with van der Waals surface area (Å²) >= 11 is 0. The van der Waals surface area contributed by atoms with Gasteiger partial charge in [-0.05, 0) is 42.5 Å². The Hall–Kier alpha value is -2.49. The van der Waals surface area contributed by atoms with Crippen LogP contribution < -0.4 is 10.6 Å². The van der Waals surface area contributed by atoms with Gasteiger partial charge in [0.05, 0.1) is 24.7 Å². The lowest BCUT2D eigenvalue weighted by molar-refractivity contribution is -0.114. The van der Waals surface area contributed by atoms with Gasteiger partial charge in [-0.15, -0.1) is 0 Å². The van der Waals surface area contributed by atoms with Crippen LogP contribution in [0.5, 0.6) is 0 Å². The highest BCUT2D eigenvalue weighted by molar-refractivity contribution is 7.89. The van der Waals surface area contributed by atoms with Gasteiger partial charge in [0.1, 0.15) is 5.82 Å². The van der Waals surface area contributed by atoms with E-state index in [1.165, 1.54) is 40.7 Å². The zero-order chi connectivity index (χ0) is 19.3. The minimum atomic E-state index is -3.56. The Balaban J connectivity index is 1.57. The fraction of sp³-hybridized carbons (Fsp3) is 0.278. The molecule has 7 nitrogen and oxygen atoms in total. The fourth-order valence-electron chi connectivity index (χ4n) is 2.63. The smallest absolute Gasteiger partial charge is 0.243 e. The first-order valence-electron chi connectivity index (χ1n) is 8.42. The van der Waals surface area contributed by atoms with E-state index < -0.39 is 15.8 Å². The second kappa shape index (κ2) is 8.47. The van der Waals surface area contributed by atoms with Crippen molar-refractivity contribution in [2.24, 2.45) is 0 Å². The van der Waals surface area contributed by atoms with Crippen LogP contribution in [0.15, 0.2) is 53.4 Å². The molecular weight excluding hydrogens is 373 g/mol. The molecule has 1 heterocycles. The molecule has 1 aliphatic rings. The lowest BCUT2D eigenvalue weighted by atomic mass is 10.3. The highest BCUT2D eigenvalue weighted by Gasteiger charge is 2.26. The number of carbonyl (C=O) groups is 1. The van der Waals surface area contributed by atoms with Gasteiger partial charge < -0.3 is 15.4 Å². The molecule has 0 spiro atoms. The summed E-state index contributed by atoms with van der Waals surface area (Å²) in [6, 6.07) is 11.8. The number of hydrogen-bond acceptors (Lipinski definition) is 5. The van der Waals surface area contributed by atoms with Gasteiger partial charge in [-0.25, -0.2) is 12.8 Å². The van der Waals surface area contributed by atoms with E-state index in [2.05, 4.69) is 10.6 Å². The molecule has 9 heteroatoms. The summed E-state index contributed by atoms with van der Waals surface area (Å²) in [5.74, 6) is -0.722. The van der Waals surface area contributed by atoms with Crippen molar-refractivity contribution in [1.82, 2.24) is 4.31 Å². The largest absolute Gasteiger partial charge is 0.379 e. The Morgan fingerprint density at radius 1 is 1.07 bits per heavy atom. The van der Waals surface area contributed by atoms with Crippen molar-refractivity contribution in [2.75, 3.05) is 43.5 Å². The molecule has 1 amide bonds. The maximum absolute atomic E-state index is 13.1. The predicted molar refractivity (Wildman–Crippen MR) is 99.5 cm³/mol. The molecule has 0 bridgehead atoms. The van der Waals surface area contributed by atoms with Gasteiger partial charge in [0, 0.05) is 24.5 Å². The molecule has 0 unspecified atom stereocenters. The standard InChI is InChI=1S/C18H20FN3O4S/c19-14-2-1-3-16(12-14)20-13-18(23)21-15-4-6-17(7-5-15)27(24,25)22-8-10-26-11-9-22/h1-7,12,20H,8-11,13H2,(H,21,23). The molecule has 2 N–H and O–H groups in total. The number of rotatable bonds is 6. The number of nitrogens with zero attached hydrogens (tertiary/aromatic N) is 1. The highest BCUT2D eigenvalue weighted by atomic mass is 32.2. The van der Waals surface area contributed by atoms with Crippen molar-refractivity contribution in [2.45, 2.75) is 4.90 Å². The van der Waals surface area contributed by atoms with Crippen LogP contribution in [0.25, 0.3) is 0 Å². The van der Waals surface area contributed by atoms with E-state index in [-0.39, 0.29) is 17.3 Å². The molecule has 0 aliphatic carbocycles. The third kappa shape index (κ3) is 5.03. The number of sulfonamides is 1. The summed E-state index contributed by atoms with van der Waals surface area (Å²) in [7, 11) is -3.56. The lowest BCUT2D eigenvalue weighted by Crippen LogP contribution is -2.40. The van der Waals surface area contributed by atoms with Crippen molar-refractivity contribution in [3.05, 3.63) is 54.3 Å². The van der Waals surface area contributed by atoms with Crippen molar-refractivity contribution >= 4 is 27.3 Å². The number of morpholine rings is 1. The minimum absolute atomic E-state index is 0.0444. The topological polar surface area (TPSA) is 87.7 Å². The third-order valence-corrected chi connectivity index (χ3v) is 5.94. The van der Waals surface area contributed by atoms with E-state index in [1.807, 2.05) is 0 Å². The first-order chi connectivity index (χ1) is 12.9. The predicted octanol–water partition coefficient (Wildman–Crippen LogP) is 1.90. The highest BCUT2D eigenvalue weighted by Crippen LogP contribution is 2.19. The van der Waals surface area contributed by atoms with Crippen LogP contribution in [0.4, 0.5) is 15.8 Å². The van der Waals surface area contributed by atoms with Crippen molar-refractivity contribution in [3.63, 3.8) is 0 Å². The van der Waals surface area contributed by atoms with E-state index in [0.29, 0.717) is 37.7 Å². The maximum atomic E-state index is 13.1. The van der Waals surface area contributed by atoms with E-state index in [0.717, 1.165) is 0 Å². The molecule has 1 fully saturated rings. The average molecular weight is 393 g/mol. The molecule has 0 radical (unpaired) electrons. The Labute approximate surface area is 157 Å². The number of benzene rings is 2. The van der Waals surface area contributed by atoms with Gasteiger partial charge in [-0.2, -0.15) is 4.31 Å². The van der Waals surface area contributed by atoms with Gasteiger partial charge in [-0.1, -0.05) is 6.07 Å². The number of halogens is 1. The van der Waals surface area contributed by atoms with Crippen LogP contribution in [0.3, 0.4) is 0 Å². The van der Waals surface area contributed by atoms with E-state index in [4.69, 9.17) is 4.74 Å². The van der Waals surface area contributed by atoms with Crippen molar-refractivity contribution in [1.29, 1.82) is 0 Å². The lowest BCUT2D eigenvalue weighted by Gasteiger charge is -2.26. The molecule has 2 aromatic carbocycles. The second-order valence-corrected chi connectivity index (χ2v) is 7.89. The summed E-state index contributed by atoms with van der Waals surface area (Å²) in [5.41, 5.74) is 0.971. The zero-order valence-electron chi connectivity index (χ0n) is 14.5. The van der Waals surface area contributed by atoms with Gasteiger partial charge >= 0.3 is 0 Å². The summed E-state index contributed by atoms with van der Waals surface area (Å²) in [5, 5.41) is 5.48.